The topological polar surface area (TPSA) is 70.1 Å². The molecule has 1 N–H and O–H groups in total. The molecule has 2 aliphatic heterocycles. The van der Waals surface area contributed by atoms with Crippen LogP contribution in [0.25, 0.3) is 0 Å². The molecule has 1 unspecified atom stereocenters. The van der Waals surface area contributed by atoms with Crippen LogP contribution in [0.2, 0.25) is 0 Å². The van der Waals surface area contributed by atoms with E-state index in [1.165, 1.54) is 4.90 Å². The molecule has 102 valence electrons. The number of amides is 2. The number of rotatable bonds is 1. The predicted octanol–water partition coefficient (Wildman–Crippen LogP) is 0.768. The fraction of sp³-hybridized carbons (Fsp3) is 0.833. The van der Waals surface area contributed by atoms with Crippen LogP contribution in [-0.2, 0) is 9.53 Å². The molecule has 0 saturated carbocycles. The van der Waals surface area contributed by atoms with Crippen LogP contribution >= 0.6 is 0 Å². The molecule has 0 aliphatic carbocycles. The van der Waals surface area contributed by atoms with Crippen molar-refractivity contribution < 1.29 is 19.4 Å². The third-order valence-electron chi connectivity index (χ3n) is 3.57. The molecule has 0 bridgehead atoms. The number of aliphatic carboxylic acids is 1. The van der Waals surface area contributed by atoms with Gasteiger partial charge in [-0.05, 0) is 12.8 Å². The first kappa shape index (κ1) is 13.1. The number of ether oxygens (including phenoxy) is 1. The van der Waals surface area contributed by atoms with Crippen molar-refractivity contribution in [3.63, 3.8) is 0 Å². The van der Waals surface area contributed by atoms with E-state index in [2.05, 4.69) is 0 Å². The summed E-state index contributed by atoms with van der Waals surface area (Å²) in [7, 11) is 0. The molecule has 6 heteroatoms. The maximum Gasteiger partial charge on any atom is 0.326 e. The van der Waals surface area contributed by atoms with Gasteiger partial charge in [0.25, 0.3) is 0 Å². The lowest BCUT2D eigenvalue weighted by Gasteiger charge is -2.35. The predicted molar refractivity (Wildman–Crippen MR) is 64.4 cm³/mol. The van der Waals surface area contributed by atoms with Gasteiger partial charge in [-0.25, -0.2) is 9.59 Å². The van der Waals surface area contributed by atoms with E-state index >= 15 is 0 Å². The van der Waals surface area contributed by atoms with E-state index in [0.717, 1.165) is 19.3 Å². The van der Waals surface area contributed by atoms with Gasteiger partial charge in [0, 0.05) is 19.6 Å². The van der Waals surface area contributed by atoms with E-state index in [9.17, 15) is 14.7 Å². The minimum absolute atomic E-state index is 0.146. The average molecular weight is 256 g/mol. The molecule has 2 rings (SSSR count). The Kier molecular flexibility index (Phi) is 4.41. The van der Waals surface area contributed by atoms with E-state index in [-0.39, 0.29) is 6.03 Å². The highest BCUT2D eigenvalue weighted by Crippen LogP contribution is 2.19. The molecule has 2 fully saturated rings. The lowest BCUT2D eigenvalue weighted by atomic mass is 10.1. The van der Waals surface area contributed by atoms with Gasteiger partial charge < -0.3 is 19.6 Å². The summed E-state index contributed by atoms with van der Waals surface area (Å²) in [5.41, 5.74) is 0. The van der Waals surface area contributed by atoms with Crippen LogP contribution in [0.3, 0.4) is 0 Å². The fourth-order valence-corrected chi connectivity index (χ4v) is 2.53. The highest BCUT2D eigenvalue weighted by atomic mass is 16.5. The molecule has 2 saturated heterocycles. The van der Waals surface area contributed by atoms with Crippen LogP contribution in [-0.4, -0.2) is 65.8 Å². The molecule has 2 amide bonds. The zero-order valence-electron chi connectivity index (χ0n) is 10.5. The van der Waals surface area contributed by atoms with Crippen LogP contribution in [0.15, 0.2) is 0 Å². The van der Waals surface area contributed by atoms with Gasteiger partial charge >= 0.3 is 12.0 Å². The molecular formula is C12H20N2O4. The number of urea groups is 1. The molecule has 2 aliphatic rings. The highest BCUT2D eigenvalue weighted by Gasteiger charge is 2.33. The molecule has 0 spiro atoms. The second kappa shape index (κ2) is 6.04. The van der Waals surface area contributed by atoms with Gasteiger partial charge in [0.2, 0.25) is 0 Å². The maximum absolute atomic E-state index is 12.4. The number of likely N-dealkylation sites (tertiary alicyclic amines) is 1. The zero-order chi connectivity index (χ0) is 13.0. The summed E-state index contributed by atoms with van der Waals surface area (Å²) in [6.07, 6.45) is 3.33. The van der Waals surface area contributed by atoms with Crippen molar-refractivity contribution in [3.8, 4) is 0 Å². The minimum atomic E-state index is -0.890. The standard InChI is InChI=1S/C12H20N2O4/c15-11(16)10-4-2-1-3-5-14(10)12(17)13-6-8-18-9-7-13/h10H,1-9H2,(H,15,16). The van der Waals surface area contributed by atoms with E-state index < -0.39 is 12.0 Å². The van der Waals surface area contributed by atoms with Crippen molar-refractivity contribution in [2.75, 3.05) is 32.8 Å². The summed E-state index contributed by atoms with van der Waals surface area (Å²) in [4.78, 5) is 26.8. The number of hydrogen-bond acceptors (Lipinski definition) is 3. The summed E-state index contributed by atoms with van der Waals surface area (Å²) < 4.78 is 5.21. The van der Waals surface area contributed by atoms with Crippen molar-refractivity contribution in [3.05, 3.63) is 0 Å². The second-order valence-corrected chi connectivity index (χ2v) is 4.78. The largest absolute Gasteiger partial charge is 0.480 e. The number of hydrogen-bond donors (Lipinski definition) is 1. The van der Waals surface area contributed by atoms with E-state index in [4.69, 9.17) is 4.74 Å². The van der Waals surface area contributed by atoms with Crippen LogP contribution in [0.5, 0.6) is 0 Å². The summed E-state index contributed by atoms with van der Waals surface area (Å²) >= 11 is 0. The lowest BCUT2D eigenvalue weighted by molar-refractivity contribution is -0.142. The summed E-state index contributed by atoms with van der Waals surface area (Å²) in [6, 6.07) is -0.810. The summed E-state index contributed by atoms with van der Waals surface area (Å²) in [6.45, 7) is 2.74. The van der Waals surface area contributed by atoms with Crippen molar-refractivity contribution >= 4 is 12.0 Å². The molecule has 6 nitrogen and oxygen atoms in total. The van der Waals surface area contributed by atoms with Crippen molar-refractivity contribution in [1.82, 2.24) is 9.80 Å². The van der Waals surface area contributed by atoms with Crippen molar-refractivity contribution in [2.24, 2.45) is 0 Å². The maximum atomic E-state index is 12.4. The van der Waals surface area contributed by atoms with Gasteiger partial charge in [0.1, 0.15) is 6.04 Å². The molecule has 1 atom stereocenters. The van der Waals surface area contributed by atoms with Crippen LogP contribution in [0.4, 0.5) is 4.79 Å². The van der Waals surface area contributed by atoms with Gasteiger partial charge in [-0.15, -0.1) is 0 Å². The van der Waals surface area contributed by atoms with Gasteiger partial charge in [0.05, 0.1) is 13.2 Å². The molecule has 0 aromatic rings. The first-order valence-corrected chi connectivity index (χ1v) is 6.56. The first-order chi connectivity index (χ1) is 8.70. The SMILES string of the molecule is O=C(O)C1CCCCCN1C(=O)N1CCOCC1. The van der Waals surface area contributed by atoms with Crippen LogP contribution in [0.1, 0.15) is 25.7 Å². The number of carboxylic acids is 1. The first-order valence-electron chi connectivity index (χ1n) is 6.56. The number of carbonyl (C=O) groups is 2. The Morgan fingerprint density at radius 1 is 1.06 bits per heavy atom. The number of nitrogens with zero attached hydrogens (tertiary/aromatic N) is 2. The van der Waals surface area contributed by atoms with Gasteiger partial charge in [-0.3, -0.25) is 0 Å². The van der Waals surface area contributed by atoms with E-state index in [1.54, 1.807) is 4.90 Å². The van der Waals surface area contributed by atoms with Gasteiger partial charge in [-0.2, -0.15) is 0 Å². The van der Waals surface area contributed by atoms with Crippen molar-refractivity contribution in [2.45, 2.75) is 31.7 Å². The van der Waals surface area contributed by atoms with Crippen LogP contribution < -0.4 is 0 Å². The Hall–Kier alpha value is -1.30. The molecular weight excluding hydrogens is 236 g/mol. The smallest absolute Gasteiger partial charge is 0.326 e. The Morgan fingerprint density at radius 3 is 2.44 bits per heavy atom. The molecule has 0 aromatic heterocycles. The second-order valence-electron chi connectivity index (χ2n) is 4.78. The Balaban J connectivity index is 2.06. The average Bonchev–Trinajstić information content (AvgIpc) is 2.64. The third kappa shape index (κ3) is 2.93. The molecule has 18 heavy (non-hydrogen) atoms. The normalized spacial score (nSPS) is 25.7. The van der Waals surface area contributed by atoms with Crippen LogP contribution in [0, 0.1) is 0 Å². The number of carboxylic acid groups (broad SMARTS) is 1. The number of carbonyl (C=O) groups excluding carboxylic acids is 1. The van der Waals surface area contributed by atoms with Gasteiger partial charge in [0.15, 0.2) is 0 Å². The minimum Gasteiger partial charge on any atom is -0.480 e. The number of morpholine rings is 1. The third-order valence-corrected chi connectivity index (χ3v) is 3.57. The van der Waals surface area contributed by atoms with E-state index in [0.29, 0.717) is 39.3 Å². The highest BCUT2D eigenvalue weighted by molar-refractivity contribution is 5.82. The monoisotopic (exact) mass is 256 g/mol. The van der Waals surface area contributed by atoms with Crippen molar-refractivity contribution in [1.29, 1.82) is 0 Å². The Labute approximate surface area is 106 Å². The summed E-state index contributed by atoms with van der Waals surface area (Å²) in [5.74, 6) is -0.890. The Morgan fingerprint density at radius 2 is 1.78 bits per heavy atom. The van der Waals surface area contributed by atoms with E-state index in [1.807, 2.05) is 0 Å². The zero-order valence-corrected chi connectivity index (χ0v) is 10.5. The fourth-order valence-electron chi connectivity index (χ4n) is 2.53. The molecule has 2 heterocycles. The molecule has 0 aromatic carbocycles. The molecule has 0 radical (unpaired) electrons. The quantitative estimate of drug-likeness (QED) is 0.752. The van der Waals surface area contributed by atoms with Gasteiger partial charge in [-0.1, -0.05) is 12.8 Å². The lowest BCUT2D eigenvalue weighted by Crippen LogP contribution is -2.53. The summed E-state index contributed by atoms with van der Waals surface area (Å²) in [5, 5.41) is 9.24. The Bertz CT molecular complexity index is 315.